The molecule has 0 aliphatic rings. The number of pyridine rings is 1. The van der Waals surface area contributed by atoms with E-state index in [1.807, 2.05) is 60.0 Å². The second kappa shape index (κ2) is 16.2. The van der Waals surface area contributed by atoms with Crippen molar-refractivity contribution in [1.82, 2.24) is 10.3 Å². The van der Waals surface area contributed by atoms with Crippen molar-refractivity contribution in [2.24, 2.45) is 0 Å². The fraction of sp³-hybridized carbons (Fsp3) is 0.194. The Labute approximate surface area is 272 Å². The second-order valence-electron chi connectivity index (χ2n) is 10.9. The summed E-state index contributed by atoms with van der Waals surface area (Å²) >= 11 is 1.66. The van der Waals surface area contributed by atoms with Crippen LogP contribution < -0.4 is 14.8 Å². The van der Waals surface area contributed by atoms with E-state index in [9.17, 15) is 15.2 Å². The van der Waals surface area contributed by atoms with Crippen LogP contribution >= 0.6 is 11.3 Å². The van der Waals surface area contributed by atoms with Gasteiger partial charge in [0.05, 0.1) is 0 Å². The normalized spacial score (nSPS) is 11.4. The number of ether oxygens (including phenoxy) is 2. The van der Waals surface area contributed by atoms with E-state index in [0.717, 1.165) is 28.2 Å². The number of β-amino-alcohol motifs (C(OH)–C–C–N with tert-alkyl or cyclic N) is 1. The lowest BCUT2D eigenvalue weighted by atomic mass is 9.94. The largest absolute Gasteiger partial charge is 0.507 e. The number of nitrogens with zero attached hydrogens (tertiary/aromatic N) is 2. The molecule has 5 rings (SSSR count). The summed E-state index contributed by atoms with van der Waals surface area (Å²) in [7, 11) is 0. The van der Waals surface area contributed by atoms with E-state index in [2.05, 4.69) is 36.3 Å². The highest BCUT2D eigenvalue weighted by Crippen LogP contribution is 2.33. The third-order valence-corrected chi connectivity index (χ3v) is 7.63. The van der Waals surface area contributed by atoms with E-state index < -0.39 is 12.1 Å². The van der Waals surface area contributed by atoms with E-state index in [1.165, 1.54) is 12.1 Å². The molecule has 4 N–H and O–H groups in total. The quantitative estimate of drug-likeness (QED) is 0.115. The first-order chi connectivity index (χ1) is 22.1. The highest BCUT2D eigenvalue weighted by atomic mass is 32.1. The van der Waals surface area contributed by atoms with Crippen LogP contribution in [-0.2, 0) is 6.42 Å². The number of carboxylic acid groups (broad SMARTS) is 1. The Morgan fingerprint density at radius 1 is 1.00 bits per heavy atom. The van der Waals surface area contributed by atoms with Crippen LogP contribution in [0.4, 0.5) is 0 Å². The van der Waals surface area contributed by atoms with Gasteiger partial charge in [0.25, 0.3) is 0 Å². The molecule has 0 aliphatic heterocycles. The monoisotopic (exact) mass is 637 g/mol. The summed E-state index contributed by atoms with van der Waals surface area (Å²) in [6.07, 6.45) is 1.71. The van der Waals surface area contributed by atoms with E-state index in [-0.39, 0.29) is 23.5 Å². The number of thiophene rings is 1. The molecule has 1 atom stereocenters. The average Bonchev–Trinajstić information content (AvgIpc) is 3.60. The first kappa shape index (κ1) is 33.7. The maximum atomic E-state index is 10.6. The molecular weight excluding hydrogens is 602 g/mol. The van der Waals surface area contributed by atoms with Crippen LogP contribution in [-0.4, -0.2) is 51.1 Å². The Kier molecular flexibility index (Phi) is 11.9. The number of rotatable bonds is 12. The van der Waals surface area contributed by atoms with Crippen molar-refractivity contribution in [2.45, 2.75) is 31.9 Å². The highest BCUT2D eigenvalue weighted by Gasteiger charge is 2.20. The van der Waals surface area contributed by atoms with Gasteiger partial charge in [-0.2, -0.15) is 5.26 Å². The number of carbonyl (C=O) groups is 1. The van der Waals surface area contributed by atoms with E-state index >= 15 is 0 Å². The molecule has 0 saturated carbocycles. The van der Waals surface area contributed by atoms with Crippen LogP contribution in [0, 0.1) is 11.3 Å². The van der Waals surface area contributed by atoms with Crippen LogP contribution in [0.3, 0.4) is 0 Å². The minimum Gasteiger partial charge on any atom is -0.507 e. The molecule has 46 heavy (non-hydrogen) atoms. The summed E-state index contributed by atoms with van der Waals surface area (Å²) in [6, 6.07) is 31.0. The zero-order valence-electron chi connectivity index (χ0n) is 25.5. The number of aliphatic hydroxyl groups excluding tert-OH is 1. The summed E-state index contributed by atoms with van der Waals surface area (Å²) in [4.78, 5) is 15.5. The molecule has 0 spiro atoms. The fourth-order valence-corrected chi connectivity index (χ4v) is 5.19. The number of aromatic carboxylic acids is 1. The van der Waals surface area contributed by atoms with Gasteiger partial charge in [-0.05, 0) is 85.8 Å². The molecule has 0 amide bonds. The van der Waals surface area contributed by atoms with Gasteiger partial charge in [-0.15, -0.1) is 11.3 Å². The Morgan fingerprint density at radius 2 is 1.74 bits per heavy atom. The molecule has 5 aromatic rings. The van der Waals surface area contributed by atoms with Gasteiger partial charge in [0.1, 0.15) is 47.2 Å². The maximum Gasteiger partial charge on any atom is 0.339 e. The van der Waals surface area contributed by atoms with Crippen molar-refractivity contribution < 1.29 is 29.6 Å². The Morgan fingerprint density at radius 3 is 2.41 bits per heavy atom. The van der Waals surface area contributed by atoms with Gasteiger partial charge in [-0.3, -0.25) is 0 Å². The van der Waals surface area contributed by atoms with Crippen LogP contribution in [0.15, 0.2) is 109 Å². The molecule has 3 aromatic carbocycles. The lowest BCUT2D eigenvalue weighted by Gasteiger charge is -2.28. The molecule has 0 fully saturated rings. The number of hydrogen-bond acceptors (Lipinski definition) is 9. The standard InChI is InChI=1S/C29H29N3O3S.C7H6O3/c1-29(2,17-21-11-13-24(14-12-21)35-28-22(18-30)7-5-15-31-28)32-19-23(33)20-34-26-9-4-3-8-25(26)27-10-6-16-36-27;8-6-4-2-1-3-5(6)7(9)10/h3-16,23,32-33H,17,19-20H2,1-2H3;1-4,8H,(H,9,10)/t23-;/m0./s1. The molecule has 0 radical (unpaired) electrons. The minimum absolute atomic E-state index is 0.0671. The van der Waals surface area contributed by atoms with Gasteiger partial charge in [-0.25, -0.2) is 9.78 Å². The molecule has 0 saturated heterocycles. The molecule has 2 heterocycles. The summed E-state index contributed by atoms with van der Waals surface area (Å²) in [5, 5.41) is 42.5. The maximum absolute atomic E-state index is 10.6. The number of nitrogens with one attached hydrogen (secondary N) is 1. The van der Waals surface area contributed by atoms with Crippen molar-refractivity contribution in [3.8, 4) is 39.6 Å². The summed E-state index contributed by atoms with van der Waals surface area (Å²) in [5.74, 6) is 0.375. The van der Waals surface area contributed by atoms with Crippen molar-refractivity contribution in [3.05, 3.63) is 125 Å². The smallest absolute Gasteiger partial charge is 0.339 e. The number of aliphatic hydroxyl groups is 1. The Hall–Kier alpha value is -5.21. The first-order valence-corrected chi connectivity index (χ1v) is 15.3. The molecule has 10 heteroatoms. The van der Waals surface area contributed by atoms with Gasteiger partial charge in [0, 0.05) is 28.7 Å². The number of benzene rings is 3. The van der Waals surface area contributed by atoms with Crippen molar-refractivity contribution in [2.75, 3.05) is 13.2 Å². The van der Waals surface area contributed by atoms with E-state index in [0.29, 0.717) is 23.7 Å². The second-order valence-corrected chi connectivity index (χ2v) is 11.9. The number of carboxylic acids is 1. The van der Waals surface area contributed by atoms with Gasteiger partial charge < -0.3 is 30.1 Å². The van der Waals surface area contributed by atoms with Gasteiger partial charge >= 0.3 is 5.97 Å². The molecule has 0 aliphatic carbocycles. The predicted molar refractivity (Wildman–Crippen MR) is 178 cm³/mol. The number of nitriles is 1. The Bertz CT molecular complexity index is 1750. The van der Waals surface area contributed by atoms with Gasteiger partial charge in [0.15, 0.2) is 0 Å². The zero-order valence-corrected chi connectivity index (χ0v) is 26.3. The molecule has 0 bridgehead atoms. The number of para-hydroxylation sites is 2. The van der Waals surface area contributed by atoms with Crippen molar-refractivity contribution in [1.29, 1.82) is 5.26 Å². The molecule has 9 nitrogen and oxygen atoms in total. The minimum atomic E-state index is -1.11. The van der Waals surface area contributed by atoms with Gasteiger partial charge in [0.2, 0.25) is 5.88 Å². The highest BCUT2D eigenvalue weighted by molar-refractivity contribution is 7.13. The lowest BCUT2D eigenvalue weighted by Crippen LogP contribution is -2.46. The molecular formula is C36H35N3O6S. The molecule has 236 valence electrons. The zero-order chi connectivity index (χ0) is 32.9. The SMILES string of the molecule is CC(C)(Cc1ccc(Oc2ncccc2C#N)cc1)NC[C@H](O)COc1ccccc1-c1cccs1.O=C(O)c1ccccc1O. The fourth-order valence-electron chi connectivity index (χ4n) is 4.44. The summed E-state index contributed by atoms with van der Waals surface area (Å²) in [6.45, 7) is 4.82. The number of aromatic nitrogens is 1. The summed E-state index contributed by atoms with van der Waals surface area (Å²) in [5.41, 5.74) is 2.24. The number of hydrogen-bond donors (Lipinski definition) is 4. The summed E-state index contributed by atoms with van der Waals surface area (Å²) < 4.78 is 11.7. The van der Waals surface area contributed by atoms with Gasteiger partial charge in [-0.1, -0.05) is 42.5 Å². The molecule has 2 aromatic heterocycles. The number of aromatic hydroxyl groups is 1. The van der Waals surface area contributed by atoms with E-state index in [4.69, 9.17) is 19.7 Å². The van der Waals surface area contributed by atoms with Crippen LogP contribution in [0.1, 0.15) is 35.3 Å². The third-order valence-electron chi connectivity index (χ3n) is 6.73. The Balaban J connectivity index is 0.000000409. The average molecular weight is 638 g/mol. The van der Waals surface area contributed by atoms with Crippen LogP contribution in [0.5, 0.6) is 23.1 Å². The van der Waals surface area contributed by atoms with E-state index in [1.54, 1.807) is 41.8 Å². The molecule has 0 unspecified atom stereocenters. The third kappa shape index (κ3) is 9.90. The van der Waals surface area contributed by atoms with Crippen molar-refractivity contribution >= 4 is 17.3 Å². The van der Waals surface area contributed by atoms with Crippen LogP contribution in [0.2, 0.25) is 0 Å². The van der Waals surface area contributed by atoms with Crippen LogP contribution in [0.25, 0.3) is 10.4 Å². The predicted octanol–water partition coefficient (Wildman–Crippen LogP) is 6.92. The first-order valence-electron chi connectivity index (χ1n) is 14.5. The topological polar surface area (TPSA) is 145 Å². The lowest BCUT2D eigenvalue weighted by molar-refractivity contribution is 0.0693. The van der Waals surface area contributed by atoms with Crippen molar-refractivity contribution in [3.63, 3.8) is 0 Å². The number of phenols is 1.